The zero-order chi connectivity index (χ0) is 19.4. The molecule has 0 spiro atoms. The molecule has 27 heavy (non-hydrogen) atoms. The molecule has 0 saturated carbocycles. The second-order valence-electron chi connectivity index (χ2n) is 5.56. The number of carbonyl (C=O) groups excluding carboxylic acids is 2. The van der Waals surface area contributed by atoms with Gasteiger partial charge in [0.2, 0.25) is 0 Å². The van der Waals surface area contributed by atoms with Gasteiger partial charge in [-0.15, -0.1) is 0 Å². The highest BCUT2D eigenvalue weighted by Crippen LogP contribution is 2.45. The number of thioether (sulfide) groups is 2. The number of para-hydroxylation sites is 1. The Morgan fingerprint density at radius 1 is 1.26 bits per heavy atom. The first kappa shape index (κ1) is 19.8. The van der Waals surface area contributed by atoms with Gasteiger partial charge in [-0.3, -0.25) is 9.69 Å². The summed E-state index contributed by atoms with van der Waals surface area (Å²) in [4.78, 5) is 29.1. The fraction of sp³-hybridized carbons (Fsp3) is 0.278. The molecule has 2 aliphatic heterocycles. The minimum Gasteiger partial charge on any atom is -0.448 e. The van der Waals surface area contributed by atoms with Gasteiger partial charge in [0, 0.05) is 18.5 Å². The number of likely N-dealkylation sites (N-methyl/N-ethyl adjacent to an activating group) is 1. The zero-order valence-electron chi connectivity index (χ0n) is 14.9. The second-order valence-corrected chi connectivity index (χ2v) is 8.30. The van der Waals surface area contributed by atoms with E-state index in [-0.39, 0.29) is 12.5 Å². The van der Waals surface area contributed by atoms with Gasteiger partial charge in [0.05, 0.1) is 22.2 Å². The van der Waals surface area contributed by atoms with Crippen molar-refractivity contribution in [3.05, 3.63) is 46.4 Å². The lowest BCUT2D eigenvalue weighted by Crippen LogP contribution is -2.27. The molecule has 142 valence electrons. The van der Waals surface area contributed by atoms with Gasteiger partial charge >= 0.3 is 6.09 Å². The highest BCUT2D eigenvalue weighted by Gasteiger charge is 2.31. The van der Waals surface area contributed by atoms with E-state index in [2.05, 4.69) is 10.2 Å². The number of amides is 2. The van der Waals surface area contributed by atoms with Crippen LogP contribution in [0.5, 0.6) is 0 Å². The summed E-state index contributed by atoms with van der Waals surface area (Å²) in [6, 6.07) is 8.03. The van der Waals surface area contributed by atoms with Crippen molar-refractivity contribution >= 4 is 57.7 Å². The number of carbonyl (C=O) groups is 2. The van der Waals surface area contributed by atoms with E-state index in [0.29, 0.717) is 22.3 Å². The number of thiocarbonyl (C=S) groups is 1. The van der Waals surface area contributed by atoms with Gasteiger partial charge in [0.15, 0.2) is 0 Å². The third-order valence-corrected chi connectivity index (χ3v) is 6.48. The van der Waals surface area contributed by atoms with Gasteiger partial charge < -0.3 is 15.0 Å². The van der Waals surface area contributed by atoms with E-state index in [1.165, 1.54) is 18.8 Å². The number of nitrogens with zero attached hydrogens (tertiary/aromatic N) is 2. The molecule has 2 heterocycles. The summed E-state index contributed by atoms with van der Waals surface area (Å²) >= 11 is 8.19. The van der Waals surface area contributed by atoms with Crippen LogP contribution in [0.1, 0.15) is 6.92 Å². The van der Waals surface area contributed by atoms with Crippen molar-refractivity contribution in [3.63, 3.8) is 0 Å². The van der Waals surface area contributed by atoms with Gasteiger partial charge in [-0.2, -0.15) is 0 Å². The van der Waals surface area contributed by atoms with Crippen molar-refractivity contribution in [1.82, 2.24) is 10.2 Å². The Balaban J connectivity index is 1.79. The standard InChI is InChI=1S/C18H19N3O3S3/c1-3-20-16(22)14(27-18(20)25)8-9-15-21(10-11-24-17(23)19-2)12-6-4-5-7-13(12)26-15/h4-9H,3,10-11H2,1-2H3,(H,19,23). The lowest BCUT2D eigenvalue weighted by atomic mass is 10.3. The molecule has 1 aromatic carbocycles. The Hall–Kier alpha value is -1.97. The van der Waals surface area contributed by atoms with Crippen molar-refractivity contribution < 1.29 is 14.3 Å². The van der Waals surface area contributed by atoms with Crippen LogP contribution in [0, 0.1) is 0 Å². The molecule has 3 rings (SSSR count). The molecule has 1 fully saturated rings. The number of allylic oxidation sites excluding steroid dienone is 2. The normalized spacial score (nSPS) is 19.2. The molecule has 0 aromatic heterocycles. The van der Waals surface area contributed by atoms with Crippen molar-refractivity contribution in [2.75, 3.05) is 31.6 Å². The Bertz CT molecular complexity index is 838. The van der Waals surface area contributed by atoms with Crippen molar-refractivity contribution in [1.29, 1.82) is 0 Å². The maximum absolute atomic E-state index is 12.4. The molecule has 6 nitrogen and oxygen atoms in total. The number of hydrogen-bond acceptors (Lipinski definition) is 7. The fourth-order valence-corrected chi connectivity index (χ4v) is 5.06. The van der Waals surface area contributed by atoms with Gasteiger partial charge in [0.1, 0.15) is 10.9 Å². The van der Waals surface area contributed by atoms with Crippen LogP contribution in [0.3, 0.4) is 0 Å². The molecule has 0 aliphatic carbocycles. The molecule has 1 saturated heterocycles. The quantitative estimate of drug-likeness (QED) is 0.576. The Morgan fingerprint density at radius 2 is 2.04 bits per heavy atom. The van der Waals surface area contributed by atoms with Crippen LogP contribution < -0.4 is 10.2 Å². The Morgan fingerprint density at radius 3 is 2.74 bits per heavy atom. The zero-order valence-corrected chi connectivity index (χ0v) is 17.4. The van der Waals surface area contributed by atoms with Crippen LogP contribution in [-0.4, -0.2) is 48.0 Å². The third kappa shape index (κ3) is 4.31. The second kappa shape index (κ2) is 8.81. The van der Waals surface area contributed by atoms with E-state index in [9.17, 15) is 9.59 Å². The highest BCUT2D eigenvalue weighted by atomic mass is 32.2. The van der Waals surface area contributed by atoms with Crippen molar-refractivity contribution in [2.24, 2.45) is 0 Å². The number of rotatable bonds is 5. The Labute approximate surface area is 172 Å². The predicted molar refractivity (Wildman–Crippen MR) is 114 cm³/mol. The molecule has 0 unspecified atom stereocenters. The Kier molecular flexibility index (Phi) is 6.46. The lowest BCUT2D eigenvalue weighted by molar-refractivity contribution is -0.122. The van der Waals surface area contributed by atoms with Crippen LogP contribution in [0.25, 0.3) is 0 Å². The number of nitrogens with one attached hydrogen (secondary N) is 1. The van der Waals surface area contributed by atoms with Gasteiger partial charge in [-0.25, -0.2) is 4.79 Å². The van der Waals surface area contributed by atoms with Crippen LogP contribution in [0.4, 0.5) is 10.5 Å². The van der Waals surface area contributed by atoms with Crippen molar-refractivity contribution in [3.8, 4) is 0 Å². The average molecular weight is 422 g/mol. The van der Waals surface area contributed by atoms with Crippen LogP contribution in [0.2, 0.25) is 0 Å². The maximum atomic E-state index is 12.4. The summed E-state index contributed by atoms with van der Waals surface area (Å²) in [6.45, 7) is 3.25. The van der Waals surface area contributed by atoms with Gasteiger partial charge in [-0.05, 0) is 31.2 Å². The van der Waals surface area contributed by atoms with E-state index >= 15 is 0 Å². The van der Waals surface area contributed by atoms with Crippen molar-refractivity contribution in [2.45, 2.75) is 11.8 Å². The number of alkyl carbamates (subject to hydrolysis) is 1. The summed E-state index contributed by atoms with van der Waals surface area (Å²) in [5, 5.41) is 3.41. The molecular formula is C18H19N3O3S3. The van der Waals surface area contributed by atoms with E-state index in [0.717, 1.165) is 15.6 Å². The lowest BCUT2D eigenvalue weighted by Gasteiger charge is -2.20. The summed E-state index contributed by atoms with van der Waals surface area (Å²) in [7, 11) is 1.53. The first-order valence-corrected chi connectivity index (χ1v) is 10.4. The summed E-state index contributed by atoms with van der Waals surface area (Å²) < 4.78 is 5.72. The molecule has 2 amide bonds. The maximum Gasteiger partial charge on any atom is 0.406 e. The smallest absolute Gasteiger partial charge is 0.406 e. The summed E-state index contributed by atoms with van der Waals surface area (Å²) in [5.74, 6) is -0.0561. The minimum atomic E-state index is -0.455. The van der Waals surface area contributed by atoms with E-state index in [4.69, 9.17) is 17.0 Å². The monoisotopic (exact) mass is 421 g/mol. The van der Waals surface area contributed by atoms with E-state index < -0.39 is 6.09 Å². The first-order valence-electron chi connectivity index (χ1n) is 8.39. The molecular weight excluding hydrogens is 402 g/mol. The van der Waals surface area contributed by atoms with Gasteiger partial charge in [-0.1, -0.05) is 47.9 Å². The number of hydrogen-bond donors (Lipinski definition) is 1. The SMILES string of the molecule is CCN1C(=O)C(=CC=C2Sc3ccccc3N2CCOC(=O)NC)SC1=S. The number of fused-ring (bicyclic) bond motifs is 1. The van der Waals surface area contributed by atoms with Crippen LogP contribution >= 0.6 is 35.7 Å². The predicted octanol–water partition coefficient (Wildman–Crippen LogP) is 3.56. The first-order chi connectivity index (χ1) is 13.0. The summed E-state index contributed by atoms with van der Waals surface area (Å²) in [5.41, 5.74) is 1.06. The largest absolute Gasteiger partial charge is 0.448 e. The molecule has 1 N–H and O–H groups in total. The molecule has 2 aliphatic rings. The third-order valence-electron chi connectivity index (χ3n) is 3.96. The molecule has 0 bridgehead atoms. The van der Waals surface area contributed by atoms with E-state index in [1.54, 1.807) is 16.7 Å². The number of ether oxygens (including phenoxy) is 1. The molecule has 1 aromatic rings. The van der Waals surface area contributed by atoms with Crippen LogP contribution in [0.15, 0.2) is 51.2 Å². The summed E-state index contributed by atoms with van der Waals surface area (Å²) in [6.07, 6.45) is 3.28. The molecule has 9 heteroatoms. The van der Waals surface area contributed by atoms with Gasteiger partial charge in [0.25, 0.3) is 5.91 Å². The number of benzene rings is 1. The average Bonchev–Trinajstić information content (AvgIpc) is 3.16. The highest BCUT2D eigenvalue weighted by molar-refractivity contribution is 8.26. The number of anilines is 1. The van der Waals surface area contributed by atoms with E-state index in [1.807, 2.05) is 43.3 Å². The van der Waals surface area contributed by atoms with Crippen LogP contribution in [-0.2, 0) is 9.53 Å². The molecule has 0 radical (unpaired) electrons. The fourth-order valence-electron chi connectivity index (χ4n) is 2.64. The topological polar surface area (TPSA) is 61.9 Å². The molecule has 0 atom stereocenters. The minimum absolute atomic E-state index is 0.0561.